The Balaban J connectivity index is 0.00000101. The molecule has 4 N–H and O–H groups in total. The maximum Gasteiger partial charge on any atom is 0.394 e. The molecule has 6 heteroatoms. The molecule has 5 nitrogen and oxygen atoms in total. The molecule has 0 aromatic heterocycles. The maximum atomic E-state index is 8.74. The molecule has 1 aromatic carbocycles. The Kier molecular flexibility index (Phi) is 11.9. The summed E-state index contributed by atoms with van der Waals surface area (Å²) in [7, 11) is -4.67. The molecule has 1 aromatic rings. The molecule has 0 amide bonds. The van der Waals surface area contributed by atoms with Crippen molar-refractivity contribution in [2.24, 2.45) is 5.73 Å². The third-order valence-electron chi connectivity index (χ3n) is 4.31. The van der Waals surface area contributed by atoms with Crippen molar-refractivity contribution in [1.82, 2.24) is 0 Å². The first-order valence-corrected chi connectivity index (χ1v) is 10.6. The fourth-order valence-corrected chi connectivity index (χ4v) is 2.97. The zero-order valence-electron chi connectivity index (χ0n) is 15.9. The Labute approximate surface area is 153 Å². The predicted molar refractivity (Wildman–Crippen MR) is 104 cm³/mol. The second-order valence-corrected chi connectivity index (χ2v) is 7.47. The molecule has 0 bridgehead atoms. The van der Waals surface area contributed by atoms with Crippen LogP contribution in [0.1, 0.15) is 83.3 Å². The number of rotatable bonds is 10. The highest BCUT2D eigenvalue weighted by Crippen LogP contribution is 2.33. The summed E-state index contributed by atoms with van der Waals surface area (Å²) in [5.41, 5.74) is 9.64. The molecule has 1 rings (SSSR count). The van der Waals surface area contributed by atoms with E-state index in [1.165, 1.54) is 56.1 Å². The molecule has 0 aliphatic rings. The van der Waals surface area contributed by atoms with Gasteiger partial charge >= 0.3 is 10.4 Å². The second-order valence-electron chi connectivity index (χ2n) is 6.57. The van der Waals surface area contributed by atoms with Crippen molar-refractivity contribution in [3.05, 3.63) is 35.4 Å². The highest BCUT2D eigenvalue weighted by Gasteiger charge is 2.27. The number of unbranched alkanes of at least 4 members (excludes halogenated alkanes) is 3. The van der Waals surface area contributed by atoms with Crippen LogP contribution in [0, 0.1) is 0 Å². The van der Waals surface area contributed by atoms with E-state index >= 15 is 0 Å². The largest absolute Gasteiger partial charge is 0.394 e. The lowest BCUT2D eigenvalue weighted by atomic mass is 9.78. The second kappa shape index (κ2) is 12.4. The van der Waals surface area contributed by atoms with Crippen LogP contribution >= 0.6 is 0 Å². The van der Waals surface area contributed by atoms with Gasteiger partial charge in [-0.05, 0) is 36.8 Å². The van der Waals surface area contributed by atoms with Crippen molar-refractivity contribution >= 4 is 10.4 Å². The minimum absolute atomic E-state index is 0.115. The van der Waals surface area contributed by atoms with Crippen LogP contribution in [0.15, 0.2) is 24.3 Å². The van der Waals surface area contributed by atoms with Crippen LogP contribution in [0.2, 0.25) is 0 Å². The SMILES string of the molecule is CCCCc1ccccc1C(N)(CCCC)CCCC.O=S(=O)(O)O. The maximum absolute atomic E-state index is 8.74. The summed E-state index contributed by atoms with van der Waals surface area (Å²) in [5.74, 6) is 0. The van der Waals surface area contributed by atoms with Gasteiger partial charge in [0.15, 0.2) is 0 Å². The summed E-state index contributed by atoms with van der Waals surface area (Å²) in [6.07, 6.45) is 10.8. The van der Waals surface area contributed by atoms with Crippen LogP contribution in [0.25, 0.3) is 0 Å². The topological polar surface area (TPSA) is 101 Å². The lowest BCUT2D eigenvalue weighted by molar-refractivity contribution is 0.351. The Morgan fingerprint density at radius 1 is 0.920 bits per heavy atom. The van der Waals surface area contributed by atoms with Gasteiger partial charge in [0.05, 0.1) is 0 Å². The van der Waals surface area contributed by atoms with Gasteiger partial charge in [-0.1, -0.05) is 77.1 Å². The summed E-state index contributed by atoms with van der Waals surface area (Å²) in [5, 5.41) is 0. The van der Waals surface area contributed by atoms with Gasteiger partial charge in [-0.2, -0.15) is 8.42 Å². The van der Waals surface area contributed by atoms with Gasteiger partial charge in [0.2, 0.25) is 0 Å². The van der Waals surface area contributed by atoms with E-state index in [0.717, 1.165) is 12.8 Å². The third kappa shape index (κ3) is 11.3. The zero-order valence-corrected chi connectivity index (χ0v) is 16.7. The quantitative estimate of drug-likeness (QED) is 0.506. The highest BCUT2D eigenvalue weighted by molar-refractivity contribution is 7.79. The Morgan fingerprint density at radius 2 is 1.36 bits per heavy atom. The van der Waals surface area contributed by atoms with Crippen molar-refractivity contribution in [1.29, 1.82) is 0 Å². The van der Waals surface area contributed by atoms with Crippen LogP contribution in [-0.2, 0) is 22.4 Å². The molecule has 25 heavy (non-hydrogen) atoms. The molecule has 0 heterocycles. The first kappa shape index (κ1) is 24.1. The van der Waals surface area contributed by atoms with E-state index in [2.05, 4.69) is 45.0 Å². The molecule has 0 radical (unpaired) electrons. The lowest BCUT2D eigenvalue weighted by Gasteiger charge is -2.32. The van der Waals surface area contributed by atoms with Crippen molar-refractivity contribution in [2.75, 3.05) is 0 Å². The molecule has 0 saturated carbocycles. The minimum atomic E-state index is -4.67. The lowest BCUT2D eigenvalue weighted by Crippen LogP contribution is -2.37. The minimum Gasteiger partial charge on any atom is -0.321 e. The van der Waals surface area contributed by atoms with E-state index < -0.39 is 10.4 Å². The van der Waals surface area contributed by atoms with Gasteiger partial charge in [-0.15, -0.1) is 0 Å². The van der Waals surface area contributed by atoms with Gasteiger partial charge in [-0.25, -0.2) is 0 Å². The molecule has 146 valence electrons. The van der Waals surface area contributed by atoms with Gasteiger partial charge in [0, 0.05) is 5.54 Å². The van der Waals surface area contributed by atoms with Gasteiger partial charge in [0.25, 0.3) is 0 Å². The Bertz CT molecular complexity index is 557. The summed E-state index contributed by atoms with van der Waals surface area (Å²) in [6, 6.07) is 8.87. The Morgan fingerprint density at radius 3 is 1.80 bits per heavy atom. The van der Waals surface area contributed by atoms with Crippen LogP contribution < -0.4 is 5.73 Å². The average molecular weight is 374 g/mol. The highest BCUT2D eigenvalue weighted by atomic mass is 32.3. The monoisotopic (exact) mass is 373 g/mol. The van der Waals surface area contributed by atoms with Crippen LogP contribution in [0.4, 0.5) is 0 Å². The van der Waals surface area contributed by atoms with E-state index in [4.69, 9.17) is 23.3 Å². The van der Waals surface area contributed by atoms with Gasteiger partial charge < -0.3 is 5.73 Å². The molecule has 0 atom stereocenters. The summed E-state index contributed by atoms with van der Waals surface area (Å²) < 4.78 is 31.6. The standard InChI is InChI=1S/C19H33N.H2O4S/c1-4-7-12-17-13-10-11-14-18(17)19(20,15-8-5-2)16-9-6-3;1-5(2,3)4/h10-11,13-14H,4-9,12,15-16,20H2,1-3H3;(H2,1,2,3,4). The molecule has 0 unspecified atom stereocenters. The molecule has 0 spiro atoms. The van der Waals surface area contributed by atoms with E-state index in [-0.39, 0.29) is 5.54 Å². The molecular formula is C19H35NO4S. The molecular weight excluding hydrogens is 338 g/mol. The normalized spacial score (nSPS) is 11.8. The molecule has 0 aliphatic heterocycles. The van der Waals surface area contributed by atoms with E-state index in [1.807, 2.05) is 0 Å². The first-order chi connectivity index (χ1) is 11.7. The van der Waals surface area contributed by atoms with Crippen molar-refractivity contribution < 1.29 is 17.5 Å². The van der Waals surface area contributed by atoms with E-state index in [0.29, 0.717) is 0 Å². The van der Waals surface area contributed by atoms with Crippen LogP contribution in [0.3, 0.4) is 0 Å². The smallest absolute Gasteiger partial charge is 0.321 e. The van der Waals surface area contributed by atoms with E-state index in [1.54, 1.807) is 0 Å². The Hall–Kier alpha value is -0.950. The number of aryl methyl sites for hydroxylation is 1. The molecule has 0 fully saturated rings. The number of hydrogen-bond acceptors (Lipinski definition) is 3. The van der Waals surface area contributed by atoms with Gasteiger partial charge in [0.1, 0.15) is 0 Å². The zero-order chi connectivity index (χ0) is 19.3. The predicted octanol–water partition coefficient (Wildman–Crippen LogP) is 4.91. The fraction of sp³-hybridized carbons (Fsp3) is 0.684. The van der Waals surface area contributed by atoms with Crippen LogP contribution in [-0.4, -0.2) is 17.5 Å². The average Bonchev–Trinajstić information content (AvgIpc) is 2.55. The third-order valence-corrected chi connectivity index (χ3v) is 4.31. The van der Waals surface area contributed by atoms with Gasteiger partial charge in [-0.3, -0.25) is 9.11 Å². The van der Waals surface area contributed by atoms with Crippen molar-refractivity contribution in [2.45, 2.75) is 84.1 Å². The number of hydrogen-bond donors (Lipinski definition) is 3. The summed E-state index contributed by atoms with van der Waals surface area (Å²) in [4.78, 5) is 0. The first-order valence-electron chi connectivity index (χ1n) is 9.25. The molecule has 0 aliphatic carbocycles. The fourth-order valence-electron chi connectivity index (χ4n) is 2.97. The van der Waals surface area contributed by atoms with E-state index in [9.17, 15) is 0 Å². The number of nitrogens with two attached hydrogens (primary N) is 1. The van der Waals surface area contributed by atoms with Crippen molar-refractivity contribution in [3.8, 4) is 0 Å². The van der Waals surface area contributed by atoms with Crippen molar-refractivity contribution in [3.63, 3.8) is 0 Å². The summed E-state index contributed by atoms with van der Waals surface area (Å²) >= 11 is 0. The van der Waals surface area contributed by atoms with Crippen LogP contribution in [0.5, 0.6) is 0 Å². The number of benzene rings is 1. The molecule has 0 saturated heterocycles. The summed E-state index contributed by atoms with van der Waals surface area (Å²) in [6.45, 7) is 6.76.